The molecule has 21 heavy (non-hydrogen) atoms. The lowest BCUT2D eigenvalue weighted by molar-refractivity contribution is -0.115. The summed E-state index contributed by atoms with van der Waals surface area (Å²) in [4.78, 5) is 23.1. The predicted octanol–water partition coefficient (Wildman–Crippen LogP) is 4.13. The van der Waals surface area contributed by atoms with Crippen molar-refractivity contribution in [2.24, 2.45) is 0 Å². The molecule has 3 heterocycles. The fourth-order valence-corrected chi connectivity index (χ4v) is 4.37. The number of aryl methyl sites for hydroxylation is 2. The number of rotatable bonds is 4. The summed E-state index contributed by atoms with van der Waals surface area (Å²) in [6, 6.07) is 4.03. The van der Waals surface area contributed by atoms with Crippen LogP contribution < -0.4 is 5.32 Å². The quantitative estimate of drug-likeness (QED) is 0.780. The van der Waals surface area contributed by atoms with Gasteiger partial charge in [0.05, 0.1) is 27.7 Å². The average Bonchev–Trinajstić information content (AvgIpc) is 3.11. The van der Waals surface area contributed by atoms with Crippen LogP contribution in [0.1, 0.15) is 15.6 Å². The minimum Gasteiger partial charge on any atom is -0.302 e. The summed E-state index contributed by atoms with van der Waals surface area (Å²) < 4.78 is 0. The number of thiazole rings is 2. The molecule has 3 aromatic heterocycles. The molecule has 0 atom stereocenters. The monoisotopic (exact) mass is 335 g/mol. The average molecular weight is 335 g/mol. The highest BCUT2D eigenvalue weighted by Gasteiger charge is 2.16. The molecule has 4 nitrogen and oxygen atoms in total. The summed E-state index contributed by atoms with van der Waals surface area (Å²) in [5.74, 6) is -0.0502. The highest BCUT2D eigenvalue weighted by Crippen LogP contribution is 2.31. The van der Waals surface area contributed by atoms with E-state index in [-0.39, 0.29) is 5.91 Å². The van der Waals surface area contributed by atoms with E-state index in [1.54, 1.807) is 22.7 Å². The van der Waals surface area contributed by atoms with Gasteiger partial charge in [0.1, 0.15) is 0 Å². The molecule has 7 heteroatoms. The molecule has 0 fully saturated rings. The Morgan fingerprint density at radius 2 is 2.14 bits per heavy atom. The molecule has 3 aromatic rings. The van der Waals surface area contributed by atoms with E-state index in [4.69, 9.17) is 0 Å². The summed E-state index contributed by atoms with van der Waals surface area (Å²) in [6.07, 6.45) is 0.331. The topological polar surface area (TPSA) is 54.9 Å². The molecule has 0 bridgehead atoms. The standard InChI is InChI=1S/C14H13N3OS3/c1-8-7-20-14(15-8)17-12(18)6-11-13(16-9(2)21-11)10-4-3-5-19-10/h3-5,7H,6H2,1-2H3,(H,15,17,18). The van der Waals surface area contributed by atoms with Crippen molar-refractivity contribution in [2.75, 3.05) is 5.32 Å². The van der Waals surface area contributed by atoms with Crippen LogP contribution in [0, 0.1) is 13.8 Å². The maximum absolute atomic E-state index is 12.2. The van der Waals surface area contributed by atoms with Gasteiger partial charge in [0, 0.05) is 10.3 Å². The molecule has 0 aliphatic heterocycles. The zero-order valence-corrected chi connectivity index (χ0v) is 14.0. The van der Waals surface area contributed by atoms with Crippen molar-refractivity contribution in [1.82, 2.24) is 9.97 Å². The Bertz CT molecular complexity index is 758. The molecule has 0 unspecified atom stereocenters. The minimum atomic E-state index is -0.0502. The minimum absolute atomic E-state index is 0.0502. The molecule has 0 radical (unpaired) electrons. The number of amides is 1. The lowest BCUT2D eigenvalue weighted by atomic mass is 10.2. The second-order valence-electron chi connectivity index (χ2n) is 4.50. The third-order valence-electron chi connectivity index (χ3n) is 2.75. The molecule has 108 valence electrons. The number of nitrogens with one attached hydrogen (secondary N) is 1. The second-order valence-corrected chi connectivity index (χ2v) is 7.59. The third kappa shape index (κ3) is 3.37. The first kappa shape index (κ1) is 14.4. The molecule has 0 aromatic carbocycles. The number of thiophene rings is 1. The molecule has 1 N–H and O–H groups in total. The fraction of sp³-hybridized carbons (Fsp3) is 0.214. The zero-order chi connectivity index (χ0) is 14.8. The van der Waals surface area contributed by atoms with E-state index < -0.39 is 0 Å². The van der Waals surface area contributed by atoms with E-state index in [0.717, 1.165) is 26.1 Å². The SMILES string of the molecule is Cc1csc(NC(=O)Cc2sc(C)nc2-c2cccs2)n1. The fourth-order valence-electron chi connectivity index (χ4n) is 1.92. The van der Waals surface area contributed by atoms with Crippen LogP contribution in [0.2, 0.25) is 0 Å². The van der Waals surface area contributed by atoms with Crippen molar-refractivity contribution >= 4 is 45.0 Å². The van der Waals surface area contributed by atoms with Crippen molar-refractivity contribution < 1.29 is 4.79 Å². The van der Waals surface area contributed by atoms with E-state index in [2.05, 4.69) is 15.3 Å². The number of aromatic nitrogens is 2. The van der Waals surface area contributed by atoms with Gasteiger partial charge < -0.3 is 5.32 Å². The Morgan fingerprint density at radius 3 is 2.81 bits per heavy atom. The summed E-state index contributed by atoms with van der Waals surface area (Å²) >= 11 is 4.66. The van der Waals surface area contributed by atoms with Crippen LogP contribution in [0.5, 0.6) is 0 Å². The Morgan fingerprint density at radius 1 is 1.29 bits per heavy atom. The van der Waals surface area contributed by atoms with Gasteiger partial charge in [0.25, 0.3) is 0 Å². The highest BCUT2D eigenvalue weighted by atomic mass is 32.1. The van der Waals surface area contributed by atoms with Crippen molar-refractivity contribution in [3.8, 4) is 10.6 Å². The second kappa shape index (κ2) is 6.05. The summed E-state index contributed by atoms with van der Waals surface area (Å²) in [5, 5.41) is 8.41. The smallest absolute Gasteiger partial charge is 0.231 e. The van der Waals surface area contributed by atoms with Gasteiger partial charge in [0.2, 0.25) is 5.91 Å². The van der Waals surface area contributed by atoms with Crippen LogP contribution >= 0.6 is 34.0 Å². The van der Waals surface area contributed by atoms with Crippen molar-refractivity contribution in [3.05, 3.63) is 38.5 Å². The van der Waals surface area contributed by atoms with Crippen LogP contribution in [0.25, 0.3) is 10.6 Å². The summed E-state index contributed by atoms with van der Waals surface area (Å²) in [7, 11) is 0. The Labute approximate surface area is 134 Å². The predicted molar refractivity (Wildman–Crippen MR) is 89.3 cm³/mol. The first-order valence-corrected chi connectivity index (χ1v) is 8.91. The number of nitrogens with zero attached hydrogens (tertiary/aromatic N) is 2. The lowest BCUT2D eigenvalue weighted by Gasteiger charge is -2.01. The zero-order valence-electron chi connectivity index (χ0n) is 11.5. The largest absolute Gasteiger partial charge is 0.302 e. The molecule has 0 aliphatic carbocycles. The van der Waals surface area contributed by atoms with Gasteiger partial charge in [-0.25, -0.2) is 9.97 Å². The number of anilines is 1. The highest BCUT2D eigenvalue weighted by molar-refractivity contribution is 7.15. The maximum Gasteiger partial charge on any atom is 0.231 e. The van der Waals surface area contributed by atoms with Gasteiger partial charge in [0.15, 0.2) is 5.13 Å². The van der Waals surface area contributed by atoms with Gasteiger partial charge >= 0.3 is 0 Å². The van der Waals surface area contributed by atoms with Gasteiger partial charge in [-0.3, -0.25) is 4.79 Å². The van der Waals surface area contributed by atoms with E-state index in [9.17, 15) is 4.79 Å². The summed E-state index contributed by atoms with van der Waals surface area (Å²) in [6.45, 7) is 3.88. The van der Waals surface area contributed by atoms with Gasteiger partial charge in [-0.1, -0.05) is 6.07 Å². The van der Waals surface area contributed by atoms with E-state index >= 15 is 0 Å². The van der Waals surface area contributed by atoms with Crippen LogP contribution in [-0.2, 0) is 11.2 Å². The Kier molecular flexibility index (Phi) is 4.14. The van der Waals surface area contributed by atoms with Crippen molar-refractivity contribution in [2.45, 2.75) is 20.3 Å². The van der Waals surface area contributed by atoms with Crippen LogP contribution in [0.4, 0.5) is 5.13 Å². The van der Waals surface area contributed by atoms with E-state index in [1.165, 1.54) is 11.3 Å². The normalized spacial score (nSPS) is 10.8. The summed E-state index contributed by atoms with van der Waals surface area (Å²) in [5.41, 5.74) is 1.85. The third-order valence-corrected chi connectivity index (χ3v) is 5.47. The molecule has 0 aliphatic rings. The Hall–Kier alpha value is -1.57. The molecular weight excluding hydrogens is 322 g/mol. The lowest BCUT2D eigenvalue weighted by Crippen LogP contribution is -2.14. The molecular formula is C14H13N3OS3. The van der Waals surface area contributed by atoms with Crippen molar-refractivity contribution in [3.63, 3.8) is 0 Å². The van der Waals surface area contributed by atoms with Crippen LogP contribution in [0.15, 0.2) is 22.9 Å². The maximum atomic E-state index is 12.2. The number of hydrogen-bond acceptors (Lipinski definition) is 6. The molecule has 0 saturated heterocycles. The number of carbonyl (C=O) groups excluding carboxylic acids is 1. The molecule has 0 spiro atoms. The van der Waals surface area contributed by atoms with Crippen molar-refractivity contribution in [1.29, 1.82) is 0 Å². The van der Waals surface area contributed by atoms with Gasteiger partial charge in [-0.2, -0.15) is 0 Å². The molecule has 1 amide bonds. The van der Waals surface area contributed by atoms with E-state index in [0.29, 0.717) is 11.6 Å². The van der Waals surface area contributed by atoms with Crippen LogP contribution in [-0.4, -0.2) is 15.9 Å². The van der Waals surface area contributed by atoms with Gasteiger partial charge in [-0.15, -0.1) is 34.0 Å². The first-order valence-electron chi connectivity index (χ1n) is 6.34. The van der Waals surface area contributed by atoms with Gasteiger partial charge in [-0.05, 0) is 25.3 Å². The van der Waals surface area contributed by atoms with Crippen LogP contribution in [0.3, 0.4) is 0 Å². The van der Waals surface area contributed by atoms with E-state index in [1.807, 2.05) is 36.7 Å². The molecule has 0 saturated carbocycles. The molecule has 3 rings (SSSR count). The number of carbonyl (C=O) groups is 1. The Balaban J connectivity index is 1.77. The number of hydrogen-bond donors (Lipinski definition) is 1. The first-order chi connectivity index (χ1) is 10.1.